The summed E-state index contributed by atoms with van der Waals surface area (Å²) in [5.74, 6) is -0.128. The number of hydrogen-bond acceptors (Lipinski definition) is 5. The monoisotopic (exact) mass is 416 g/mol. The Kier molecular flexibility index (Phi) is 5.66. The normalized spacial score (nSPS) is 10.7. The van der Waals surface area contributed by atoms with E-state index in [2.05, 4.69) is 10.6 Å². The number of carbonyl (C=O) groups is 2. The van der Waals surface area contributed by atoms with Gasteiger partial charge in [0.05, 0.1) is 17.2 Å². The number of amides is 2. The molecule has 0 atom stereocenters. The Bertz CT molecular complexity index is 1290. The lowest BCUT2D eigenvalue weighted by Gasteiger charge is -2.11. The van der Waals surface area contributed by atoms with Crippen LogP contribution in [0.5, 0.6) is 0 Å². The summed E-state index contributed by atoms with van der Waals surface area (Å²) in [5, 5.41) is 5.74. The van der Waals surface area contributed by atoms with Crippen LogP contribution in [0.25, 0.3) is 22.3 Å². The first-order chi connectivity index (χ1) is 15.1. The van der Waals surface area contributed by atoms with Crippen molar-refractivity contribution in [1.29, 1.82) is 0 Å². The molecule has 0 saturated carbocycles. The zero-order chi connectivity index (χ0) is 21.8. The molecular formula is C24H20N2O5. The Morgan fingerprint density at radius 2 is 1.61 bits per heavy atom. The Hall–Kier alpha value is -4.13. The molecule has 156 valence electrons. The zero-order valence-electron chi connectivity index (χ0n) is 16.8. The van der Waals surface area contributed by atoms with Crippen LogP contribution in [0.4, 0.5) is 0 Å². The van der Waals surface area contributed by atoms with Gasteiger partial charge in [0.2, 0.25) is 0 Å². The maximum Gasteiger partial charge on any atom is 0.287 e. The van der Waals surface area contributed by atoms with Gasteiger partial charge in [0, 0.05) is 24.2 Å². The quantitative estimate of drug-likeness (QED) is 0.468. The number of carbonyl (C=O) groups excluding carboxylic acids is 2. The summed E-state index contributed by atoms with van der Waals surface area (Å²) in [5.41, 5.74) is 1.55. The van der Waals surface area contributed by atoms with Crippen LogP contribution in [0.2, 0.25) is 0 Å². The zero-order valence-corrected chi connectivity index (χ0v) is 16.8. The van der Waals surface area contributed by atoms with Crippen molar-refractivity contribution in [3.05, 3.63) is 94.0 Å². The minimum atomic E-state index is -0.399. The van der Waals surface area contributed by atoms with Crippen LogP contribution in [0.1, 0.15) is 26.5 Å². The van der Waals surface area contributed by atoms with Crippen LogP contribution in [-0.4, -0.2) is 24.9 Å². The Balaban J connectivity index is 1.56. The number of hydrogen-bond donors (Lipinski definition) is 2. The van der Waals surface area contributed by atoms with Gasteiger partial charge in [0.1, 0.15) is 5.76 Å². The van der Waals surface area contributed by atoms with Crippen LogP contribution < -0.4 is 16.1 Å². The summed E-state index contributed by atoms with van der Waals surface area (Å²) < 4.78 is 11.1. The molecule has 0 unspecified atom stereocenters. The summed E-state index contributed by atoms with van der Waals surface area (Å²) in [4.78, 5) is 37.5. The lowest BCUT2D eigenvalue weighted by molar-refractivity contribution is 0.0910. The smallest absolute Gasteiger partial charge is 0.287 e. The fraction of sp³-hybridized carbons (Fsp3) is 0.125. The van der Waals surface area contributed by atoms with Crippen LogP contribution in [-0.2, 0) is 0 Å². The van der Waals surface area contributed by atoms with Gasteiger partial charge in [-0.3, -0.25) is 14.4 Å². The molecule has 0 radical (unpaired) electrons. The second-order valence-corrected chi connectivity index (χ2v) is 6.92. The van der Waals surface area contributed by atoms with Crippen LogP contribution in [0.15, 0.2) is 80.6 Å². The van der Waals surface area contributed by atoms with Crippen molar-refractivity contribution >= 4 is 22.8 Å². The van der Waals surface area contributed by atoms with E-state index in [1.54, 1.807) is 37.3 Å². The molecule has 2 aromatic carbocycles. The maximum absolute atomic E-state index is 12.9. The number of benzene rings is 2. The van der Waals surface area contributed by atoms with Gasteiger partial charge in [-0.2, -0.15) is 0 Å². The molecule has 2 N–H and O–H groups in total. The highest BCUT2D eigenvalue weighted by molar-refractivity contribution is 6.05. The van der Waals surface area contributed by atoms with E-state index in [9.17, 15) is 14.4 Å². The van der Waals surface area contributed by atoms with Crippen molar-refractivity contribution < 1.29 is 18.4 Å². The predicted molar refractivity (Wildman–Crippen MR) is 116 cm³/mol. The van der Waals surface area contributed by atoms with E-state index in [4.69, 9.17) is 8.83 Å². The van der Waals surface area contributed by atoms with Crippen LogP contribution in [0.3, 0.4) is 0 Å². The van der Waals surface area contributed by atoms with E-state index in [1.807, 2.05) is 30.3 Å². The molecule has 2 amide bonds. The van der Waals surface area contributed by atoms with Gasteiger partial charge in [-0.05, 0) is 31.2 Å². The first-order valence-corrected chi connectivity index (χ1v) is 9.78. The molecular weight excluding hydrogens is 396 g/mol. The summed E-state index contributed by atoms with van der Waals surface area (Å²) in [7, 11) is 0. The summed E-state index contributed by atoms with van der Waals surface area (Å²) >= 11 is 0. The molecule has 31 heavy (non-hydrogen) atoms. The van der Waals surface area contributed by atoms with Gasteiger partial charge >= 0.3 is 0 Å². The predicted octanol–water partition coefficient (Wildman–Crippen LogP) is 3.52. The molecule has 4 aromatic rings. The van der Waals surface area contributed by atoms with Gasteiger partial charge in [-0.15, -0.1) is 0 Å². The molecule has 0 aliphatic carbocycles. The molecule has 2 heterocycles. The topological polar surface area (TPSA) is 102 Å². The largest absolute Gasteiger partial charge is 0.459 e. The Morgan fingerprint density at radius 3 is 2.32 bits per heavy atom. The average molecular weight is 416 g/mol. The molecule has 7 nitrogen and oxygen atoms in total. The van der Waals surface area contributed by atoms with E-state index < -0.39 is 5.91 Å². The summed E-state index contributed by atoms with van der Waals surface area (Å²) in [6.45, 7) is 2.12. The number of fused-ring (bicyclic) bond motifs is 1. The van der Waals surface area contributed by atoms with Crippen molar-refractivity contribution in [3.63, 3.8) is 0 Å². The van der Waals surface area contributed by atoms with Gasteiger partial charge < -0.3 is 19.5 Å². The van der Waals surface area contributed by atoms with Crippen molar-refractivity contribution in [2.24, 2.45) is 0 Å². The van der Waals surface area contributed by atoms with Gasteiger partial charge in [-0.1, -0.05) is 36.4 Å². The molecule has 0 spiro atoms. The lowest BCUT2D eigenvalue weighted by Crippen LogP contribution is -2.34. The SMILES string of the molecule is Cc1c(-c2ccccc2)oc2c(C(=O)NCCNC(=O)c3ccco3)cccc2c1=O. The fourth-order valence-electron chi connectivity index (χ4n) is 3.30. The number of rotatable bonds is 6. The highest BCUT2D eigenvalue weighted by Crippen LogP contribution is 2.27. The molecule has 0 aliphatic rings. The second-order valence-electron chi connectivity index (χ2n) is 6.92. The lowest BCUT2D eigenvalue weighted by atomic mass is 10.0. The minimum absolute atomic E-state index is 0.180. The average Bonchev–Trinajstić information content (AvgIpc) is 3.34. The van der Waals surface area contributed by atoms with E-state index in [0.29, 0.717) is 16.7 Å². The Morgan fingerprint density at radius 1 is 0.871 bits per heavy atom. The van der Waals surface area contributed by atoms with Crippen molar-refractivity contribution in [2.45, 2.75) is 6.92 Å². The van der Waals surface area contributed by atoms with Gasteiger partial charge in [0.25, 0.3) is 11.8 Å². The first kappa shape index (κ1) is 20.2. The summed E-state index contributed by atoms with van der Waals surface area (Å²) in [6, 6.07) is 17.4. The van der Waals surface area contributed by atoms with Crippen molar-refractivity contribution in [2.75, 3.05) is 13.1 Å². The molecule has 2 aromatic heterocycles. The van der Waals surface area contributed by atoms with Crippen LogP contribution >= 0.6 is 0 Å². The van der Waals surface area contributed by atoms with Gasteiger partial charge in [0.15, 0.2) is 16.8 Å². The fourth-order valence-corrected chi connectivity index (χ4v) is 3.30. The third-order valence-corrected chi connectivity index (χ3v) is 4.87. The van der Waals surface area contributed by atoms with E-state index in [0.717, 1.165) is 5.56 Å². The maximum atomic E-state index is 12.9. The molecule has 0 fully saturated rings. The highest BCUT2D eigenvalue weighted by Gasteiger charge is 2.18. The van der Waals surface area contributed by atoms with Crippen molar-refractivity contribution in [1.82, 2.24) is 10.6 Å². The molecule has 0 bridgehead atoms. The van der Waals surface area contributed by atoms with Crippen LogP contribution in [0, 0.1) is 6.92 Å². The second kappa shape index (κ2) is 8.71. The molecule has 0 saturated heterocycles. The van der Waals surface area contributed by atoms with E-state index >= 15 is 0 Å². The standard InChI is InChI=1S/C24H20N2O5/c1-15-20(27)17-9-5-10-18(22(17)31-21(15)16-7-3-2-4-8-16)23(28)25-12-13-26-24(29)19-11-6-14-30-19/h2-11,14H,12-13H2,1H3,(H,25,28)(H,26,29). The van der Waals surface area contributed by atoms with E-state index in [-0.39, 0.29) is 41.3 Å². The highest BCUT2D eigenvalue weighted by atomic mass is 16.3. The molecule has 7 heteroatoms. The molecule has 4 rings (SSSR count). The first-order valence-electron chi connectivity index (χ1n) is 9.78. The minimum Gasteiger partial charge on any atom is -0.459 e. The summed E-state index contributed by atoms with van der Waals surface area (Å²) in [6.07, 6.45) is 1.41. The number of furan rings is 1. The number of nitrogens with one attached hydrogen (secondary N) is 2. The third kappa shape index (κ3) is 4.11. The van der Waals surface area contributed by atoms with Crippen molar-refractivity contribution in [3.8, 4) is 11.3 Å². The Labute approximate surface area is 177 Å². The van der Waals surface area contributed by atoms with Gasteiger partial charge in [-0.25, -0.2) is 0 Å². The molecule has 0 aliphatic heterocycles. The third-order valence-electron chi connectivity index (χ3n) is 4.87. The van der Waals surface area contributed by atoms with E-state index in [1.165, 1.54) is 6.26 Å². The number of para-hydroxylation sites is 1.